The van der Waals surface area contributed by atoms with Gasteiger partial charge in [-0.05, 0) is 68.7 Å². The molecule has 3 nitrogen and oxygen atoms in total. The summed E-state index contributed by atoms with van der Waals surface area (Å²) >= 11 is 0. The van der Waals surface area contributed by atoms with E-state index in [0.29, 0.717) is 5.57 Å². The highest BCUT2D eigenvalue weighted by Gasteiger charge is 2.32. The van der Waals surface area contributed by atoms with Crippen molar-refractivity contribution in [2.24, 2.45) is 5.41 Å². The molecule has 0 aliphatic rings. The largest absolute Gasteiger partial charge is 0.456 e. The van der Waals surface area contributed by atoms with Crippen molar-refractivity contribution in [3.05, 3.63) is 71.8 Å². The molecule has 0 spiro atoms. The monoisotopic (exact) mass is 418 g/mol. The third-order valence-corrected chi connectivity index (χ3v) is 5.55. The Labute approximate surface area is 186 Å². The van der Waals surface area contributed by atoms with Crippen molar-refractivity contribution in [3.63, 3.8) is 0 Å². The fourth-order valence-corrected chi connectivity index (χ4v) is 4.53. The van der Waals surface area contributed by atoms with Gasteiger partial charge in [-0.3, -0.25) is 0 Å². The maximum absolute atomic E-state index is 12.0. The Morgan fingerprint density at radius 3 is 2.45 bits per heavy atom. The molecule has 164 valence electrons. The van der Waals surface area contributed by atoms with Crippen molar-refractivity contribution < 1.29 is 13.9 Å². The molecule has 0 bridgehead atoms. The number of ether oxygens (including phenoxy) is 1. The van der Waals surface area contributed by atoms with Crippen LogP contribution in [0.2, 0.25) is 0 Å². The number of benzene rings is 2. The van der Waals surface area contributed by atoms with E-state index in [0.717, 1.165) is 41.6 Å². The number of hydrogen-bond acceptors (Lipinski definition) is 3. The van der Waals surface area contributed by atoms with Gasteiger partial charge in [0, 0.05) is 16.5 Å². The number of carbonyl (C=O) groups is 1. The van der Waals surface area contributed by atoms with Crippen molar-refractivity contribution >= 4 is 16.9 Å². The van der Waals surface area contributed by atoms with Crippen molar-refractivity contribution in [1.82, 2.24) is 0 Å². The molecule has 0 aliphatic carbocycles. The highest BCUT2D eigenvalue weighted by atomic mass is 16.6. The summed E-state index contributed by atoms with van der Waals surface area (Å²) in [6.07, 6.45) is 2.57. The Morgan fingerprint density at radius 2 is 1.77 bits per heavy atom. The molecule has 0 saturated heterocycles. The topological polar surface area (TPSA) is 39.4 Å². The van der Waals surface area contributed by atoms with Crippen LogP contribution >= 0.6 is 0 Å². The van der Waals surface area contributed by atoms with Crippen molar-refractivity contribution in [3.8, 4) is 11.3 Å². The Kier molecular flexibility index (Phi) is 6.45. The van der Waals surface area contributed by atoms with E-state index in [4.69, 9.17) is 9.15 Å². The second kappa shape index (κ2) is 8.74. The van der Waals surface area contributed by atoms with Crippen LogP contribution in [0.25, 0.3) is 22.3 Å². The summed E-state index contributed by atoms with van der Waals surface area (Å²) in [5.74, 6) is 0.578. The molecule has 0 radical (unpaired) electrons. The third kappa shape index (κ3) is 5.66. The van der Waals surface area contributed by atoms with Gasteiger partial charge in [-0.1, -0.05) is 63.7 Å². The van der Waals surface area contributed by atoms with E-state index in [1.165, 1.54) is 11.1 Å². The Morgan fingerprint density at radius 1 is 1.06 bits per heavy atom. The Bertz CT molecular complexity index is 1100. The molecule has 0 fully saturated rings. The van der Waals surface area contributed by atoms with E-state index in [9.17, 15) is 4.79 Å². The van der Waals surface area contributed by atoms with Crippen LogP contribution in [-0.4, -0.2) is 11.6 Å². The van der Waals surface area contributed by atoms with Crippen LogP contribution in [0.4, 0.5) is 0 Å². The number of rotatable bonds is 8. The molecule has 3 heteroatoms. The molecule has 1 heterocycles. The fourth-order valence-electron chi connectivity index (χ4n) is 4.53. The highest BCUT2D eigenvalue weighted by Crippen LogP contribution is 2.36. The number of aryl methyl sites for hydroxylation is 1. The van der Waals surface area contributed by atoms with Crippen LogP contribution in [0.1, 0.15) is 59.1 Å². The van der Waals surface area contributed by atoms with Crippen LogP contribution in [0, 0.1) is 5.41 Å². The number of esters is 1. The summed E-state index contributed by atoms with van der Waals surface area (Å²) in [7, 11) is 0. The molecule has 0 saturated carbocycles. The number of carbonyl (C=O) groups excluding carboxylic acids is 1. The first-order chi connectivity index (χ1) is 14.5. The SMILES string of the molecule is C=C(C)C(=O)OC(C)(C)CC(C)(C)Cc1ccc2cc(-c3ccccc3CC)oc2c1. The third-order valence-electron chi connectivity index (χ3n) is 5.55. The average molecular weight is 419 g/mol. The smallest absolute Gasteiger partial charge is 0.333 e. The fraction of sp³-hybridized carbons (Fsp3) is 0.393. The van der Waals surface area contributed by atoms with Gasteiger partial charge in [-0.15, -0.1) is 0 Å². The molecule has 3 rings (SSSR count). The molecule has 0 aliphatic heterocycles. The standard InChI is InChI=1S/C28H34O3/c1-8-21-11-9-10-12-23(21)25-16-22-14-13-20(15-24(22)30-25)17-27(4,5)18-28(6,7)31-26(29)19(2)3/h9-16H,2,8,17-18H2,1,3-7H3. The van der Waals surface area contributed by atoms with Crippen LogP contribution < -0.4 is 0 Å². The predicted molar refractivity (Wildman–Crippen MR) is 128 cm³/mol. The van der Waals surface area contributed by atoms with Gasteiger partial charge in [0.2, 0.25) is 0 Å². The molecular weight excluding hydrogens is 384 g/mol. The van der Waals surface area contributed by atoms with E-state index in [2.05, 4.69) is 75.9 Å². The maximum atomic E-state index is 12.0. The van der Waals surface area contributed by atoms with Gasteiger partial charge >= 0.3 is 5.97 Å². The summed E-state index contributed by atoms with van der Waals surface area (Å²) in [6.45, 7) is 15.9. The number of fused-ring (bicyclic) bond motifs is 1. The van der Waals surface area contributed by atoms with Crippen molar-refractivity contribution in [2.45, 2.75) is 66.4 Å². The lowest BCUT2D eigenvalue weighted by Gasteiger charge is -2.35. The van der Waals surface area contributed by atoms with Gasteiger partial charge in [0.05, 0.1) is 0 Å². The summed E-state index contributed by atoms with van der Waals surface area (Å²) in [4.78, 5) is 12.0. The van der Waals surface area contributed by atoms with E-state index in [1.807, 2.05) is 13.8 Å². The summed E-state index contributed by atoms with van der Waals surface area (Å²) in [5, 5.41) is 1.11. The molecule has 31 heavy (non-hydrogen) atoms. The van der Waals surface area contributed by atoms with Crippen LogP contribution in [-0.2, 0) is 22.4 Å². The molecule has 2 aromatic carbocycles. The molecular formula is C28H34O3. The zero-order valence-electron chi connectivity index (χ0n) is 19.7. The van der Waals surface area contributed by atoms with Gasteiger partial charge in [0.1, 0.15) is 16.9 Å². The van der Waals surface area contributed by atoms with Crippen LogP contribution in [0.5, 0.6) is 0 Å². The number of hydrogen-bond donors (Lipinski definition) is 0. The van der Waals surface area contributed by atoms with Crippen LogP contribution in [0.3, 0.4) is 0 Å². The van der Waals surface area contributed by atoms with Gasteiger partial charge in [0.25, 0.3) is 0 Å². The summed E-state index contributed by atoms with van der Waals surface area (Å²) < 4.78 is 11.9. The second-order valence-corrected chi connectivity index (χ2v) is 9.94. The zero-order chi connectivity index (χ0) is 22.8. The maximum Gasteiger partial charge on any atom is 0.333 e. The van der Waals surface area contributed by atoms with Crippen molar-refractivity contribution in [1.29, 1.82) is 0 Å². The minimum absolute atomic E-state index is 0.0588. The molecule has 1 aromatic heterocycles. The molecule has 0 atom stereocenters. The first-order valence-corrected chi connectivity index (χ1v) is 11.0. The number of furan rings is 1. The van der Waals surface area contributed by atoms with Gasteiger partial charge in [-0.2, -0.15) is 0 Å². The highest BCUT2D eigenvalue weighted by molar-refractivity contribution is 5.87. The van der Waals surface area contributed by atoms with Crippen LogP contribution in [0.15, 0.2) is 65.1 Å². The summed E-state index contributed by atoms with van der Waals surface area (Å²) in [5.41, 5.74) is 4.36. The van der Waals surface area contributed by atoms with Gasteiger partial charge in [-0.25, -0.2) is 4.79 Å². The molecule has 3 aromatic rings. The lowest BCUT2D eigenvalue weighted by atomic mass is 9.77. The first-order valence-electron chi connectivity index (χ1n) is 11.0. The second-order valence-electron chi connectivity index (χ2n) is 9.94. The first kappa shape index (κ1) is 22.9. The molecule has 0 N–H and O–H groups in total. The van der Waals surface area contributed by atoms with Gasteiger partial charge in [0.15, 0.2) is 0 Å². The zero-order valence-corrected chi connectivity index (χ0v) is 19.7. The molecule has 0 amide bonds. The summed E-state index contributed by atoms with van der Waals surface area (Å²) in [6, 6.07) is 17.0. The van der Waals surface area contributed by atoms with Crippen molar-refractivity contribution in [2.75, 3.05) is 0 Å². The molecule has 0 unspecified atom stereocenters. The lowest BCUT2D eigenvalue weighted by molar-refractivity contribution is -0.154. The quantitative estimate of drug-likeness (QED) is 0.280. The van der Waals surface area contributed by atoms with E-state index < -0.39 is 5.60 Å². The van der Waals surface area contributed by atoms with Gasteiger partial charge < -0.3 is 9.15 Å². The normalized spacial score (nSPS) is 12.2. The minimum Gasteiger partial charge on any atom is -0.456 e. The predicted octanol–water partition coefficient (Wildman–Crippen LogP) is 7.52. The Balaban J connectivity index is 1.80. The Hall–Kier alpha value is -2.81. The van der Waals surface area contributed by atoms with E-state index >= 15 is 0 Å². The average Bonchev–Trinajstić information content (AvgIpc) is 3.09. The van der Waals surface area contributed by atoms with E-state index in [1.54, 1.807) is 6.92 Å². The lowest BCUT2D eigenvalue weighted by Crippen LogP contribution is -2.35. The minimum atomic E-state index is -0.564. The van der Waals surface area contributed by atoms with E-state index in [-0.39, 0.29) is 11.4 Å².